The summed E-state index contributed by atoms with van der Waals surface area (Å²) < 4.78 is 16.2. The number of hydrogen-bond acceptors (Lipinski definition) is 6. The smallest absolute Gasteiger partial charge is 0.305 e. The van der Waals surface area contributed by atoms with Gasteiger partial charge < -0.3 is 13.7 Å². The second-order valence-electron chi connectivity index (χ2n) is 6.60. The first-order chi connectivity index (χ1) is 15.1. The highest BCUT2D eigenvalue weighted by atomic mass is 16.5. The quantitative estimate of drug-likeness (QED) is 0.461. The van der Waals surface area contributed by atoms with E-state index in [1.54, 1.807) is 13.0 Å². The van der Waals surface area contributed by atoms with Gasteiger partial charge in [-0.15, -0.1) is 0 Å². The van der Waals surface area contributed by atoms with E-state index in [-0.39, 0.29) is 17.9 Å². The van der Waals surface area contributed by atoms with Crippen LogP contribution in [0.25, 0.3) is 11.3 Å². The molecule has 4 aromatic rings. The van der Waals surface area contributed by atoms with Crippen LogP contribution < -0.4 is 15.6 Å². The molecule has 0 unspecified atom stereocenters. The maximum atomic E-state index is 12.6. The highest BCUT2D eigenvalue weighted by Gasteiger charge is 2.22. The number of hydrazine groups is 1. The van der Waals surface area contributed by atoms with Gasteiger partial charge >= 0.3 is 5.91 Å². The maximum Gasteiger partial charge on any atom is 0.305 e. The van der Waals surface area contributed by atoms with E-state index in [0.29, 0.717) is 23.0 Å². The summed E-state index contributed by atoms with van der Waals surface area (Å²) in [6, 6.07) is 21.5. The number of furan rings is 1. The van der Waals surface area contributed by atoms with E-state index in [0.717, 1.165) is 5.56 Å². The monoisotopic (exact) mass is 417 g/mol. The Morgan fingerprint density at radius 3 is 2.32 bits per heavy atom. The first-order valence-electron chi connectivity index (χ1n) is 9.51. The zero-order valence-corrected chi connectivity index (χ0v) is 16.6. The molecule has 0 fully saturated rings. The van der Waals surface area contributed by atoms with E-state index in [1.807, 2.05) is 60.7 Å². The van der Waals surface area contributed by atoms with Crippen molar-refractivity contribution in [3.05, 3.63) is 95.6 Å². The summed E-state index contributed by atoms with van der Waals surface area (Å²) in [4.78, 5) is 25.0. The standard InChI is InChI=1S/C23H19N3O5/c1-15-20(21(26-31-15)16-8-4-2-5-9-16)23(28)25-24-22(27)19-13-12-18(30-19)14-29-17-10-6-3-7-11-17/h2-13H,14H2,1H3,(H,24,27)(H,25,28). The van der Waals surface area contributed by atoms with Crippen LogP contribution in [0.4, 0.5) is 0 Å². The highest BCUT2D eigenvalue weighted by Crippen LogP contribution is 2.24. The maximum absolute atomic E-state index is 12.6. The van der Waals surface area contributed by atoms with Gasteiger partial charge in [-0.05, 0) is 31.2 Å². The fourth-order valence-electron chi connectivity index (χ4n) is 2.92. The number of nitrogens with zero attached hydrogens (tertiary/aromatic N) is 1. The summed E-state index contributed by atoms with van der Waals surface area (Å²) in [5.74, 6) is 0.387. The SMILES string of the molecule is Cc1onc(-c2ccccc2)c1C(=O)NNC(=O)c1ccc(COc2ccccc2)o1. The molecule has 0 aliphatic heterocycles. The molecule has 2 aromatic heterocycles. The van der Waals surface area contributed by atoms with Gasteiger partial charge in [-0.3, -0.25) is 20.4 Å². The molecule has 2 N–H and O–H groups in total. The minimum Gasteiger partial charge on any atom is -0.486 e. The van der Waals surface area contributed by atoms with Crippen molar-refractivity contribution in [3.63, 3.8) is 0 Å². The van der Waals surface area contributed by atoms with E-state index in [1.165, 1.54) is 6.07 Å². The number of nitrogens with one attached hydrogen (secondary N) is 2. The molecule has 0 bridgehead atoms. The molecule has 0 saturated carbocycles. The zero-order valence-electron chi connectivity index (χ0n) is 16.6. The lowest BCUT2D eigenvalue weighted by molar-refractivity contribution is 0.0828. The van der Waals surface area contributed by atoms with Crippen LogP contribution in [0.3, 0.4) is 0 Å². The number of benzene rings is 2. The second kappa shape index (κ2) is 9.00. The first-order valence-corrected chi connectivity index (χ1v) is 9.51. The number of hydrogen-bond donors (Lipinski definition) is 2. The van der Waals surface area contributed by atoms with Gasteiger partial charge in [-0.1, -0.05) is 53.7 Å². The molecule has 0 aliphatic carbocycles. The molecule has 0 radical (unpaired) electrons. The van der Waals surface area contributed by atoms with E-state index in [4.69, 9.17) is 13.7 Å². The largest absolute Gasteiger partial charge is 0.486 e. The molecule has 31 heavy (non-hydrogen) atoms. The number of rotatable bonds is 6. The molecule has 4 rings (SSSR count). The molecule has 0 spiro atoms. The van der Waals surface area contributed by atoms with Gasteiger partial charge in [0.1, 0.15) is 35.1 Å². The Morgan fingerprint density at radius 2 is 1.58 bits per heavy atom. The number of carbonyl (C=O) groups excluding carboxylic acids is 2. The van der Waals surface area contributed by atoms with E-state index in [2.05, 4.69) is 16.0 Å². The Hall–Kier alpha value is -4.33. The molecule has 156 valence electrons. The molecule has 2 aromatic carbocycles. The summed E-state index contributed by atoms with van der Waals surface area (Å²) in [5, 5.41) is 3.96. The number of aryl methyl sites for hydroxylation is 1. The summed E-state index contributed by atoms with van der Waals surface area (Å²) >= 11 is 0. The summed E-state index contributed by atoms with van der Waals surface area (Å²) in [7, 11) is 0. The molecular formula is C23H19N3O5. The fraction of sp³-hybridized carbons (Fsp3) is 0.0870. The minimum atomic E-state index is -0.602. The van der Waals surface area contributed by atoms with E-state index in [9.17, 15) is 9.59 Å². The molecule has 0 atom stereocenters. The lowest BCUT2D eigenvalue weighted by Crippen LogP contribution is -2.41. The van der Waals surface area contributed by atoms with Crippen LogP contribution in [0.5, 0.6) is 5.75 Å². The van der Waals surface area contributed by atoms with Gasteiger partial charge in [0.05, 0.1) is 0 Å². The van der Waals surface area contributed by atoms with Crippen LogP contribution in [-0.2, 0) is 6.61 Å². The topological polar surface area (TPSA) is 107 Å². The van der Waals surface area contributed by atoms with Crippen molar-refractivity contribution < 1.29 is 23.3 Å². The number of aromatic nitrogens is 1. The van der Waals surface area contributed by atoms with Crippen molar-refractivity contribution in [1.29, 1.82) is 0 Å². The molecule has 8 nitrogen and oxygen atoms in total. The van der Waals surface area contributed by atoms with Crippen molar-refractivity contribution >= 4 is 11.8 Å². The van der Waals surface area contributed by atoms with Crippen LogP contribution in [0, 0.1) is 6.92 Å². The van der Waals surface area contributed by atoms with Gasteiger partial charge in [0, 0.05) is 5.56 Å². The Morgan fingerprint density at radius 1 is 0.903 bits per heavy atom. The Balaban J connectivity index is 1.37. The van der Waals surface area contributed by atoms with Crippen molar-refractivity contribution in [2.45, 2.75) is 13.5 Å². The molecule has 8 heteroatoms. The predicted octanol–water partition coefficient (Wildman–Crippen LogP) is 3.90. The molecule has 2 heterocycles. The Bertz CT molecular complexity index is 1180. The fourth-order valence-corrected chi connectivity index (χ4v) is 2.92. The summed E-state index contributed by atoms with van der Waals surface area (Å²) in [6.45, 7) is 1.80. The van der Waals surface area contributed by atoms with Crippen LogP contribution in [0.2, 0.25) is 0 Å². The normalized spacial score (nSPS) is 10.5. The number of para-hydroxylation sites is 1. The first kappa shape index (κ1) is 20.0. The van der Waals surface area contributed by atoms with Crippen LogP contribution in [0.15, 0.2) is 81.7 Å². The average Bonchev–Trinajstić information content (AvgIpc) is 3.44. The molecule has 2 amide bonds. The van der Waals surface area contributed by atoms with E-state index < -0.39 is 11.8 Å². The Labute approximate surface area is 177 Å². The third kappa shape index (κ3) is 4.64. The third-order valence-corrected chi connectivity index (χ3v) is 4.44. The van der Waals surface area contributed by atoms with Crippen molar-refractivity contribution in [3.8, 4) is 17.0 Å². The van der Waals surface area contributed by atoms with Gasteiger partial charge in [-0.2, -0.15) is 0 Å². The molecule has 0 saturated heterocycles. The van der Waals surface area contributed by atoms with Gasteiger partial charge in [-0.25, -0.2) is 0 Å². The summed E-state index contributed by atoms with van der Waals surface area (Å²) in [5.41, 5.74) is 6.07. The average molecular weight is 417 g/mol. The van der Waals surface area contributed by atoms with Crippen LogP contribution in [0.1, 0.15) is 32.4 Å². The van der Waals surface area contributed by atoms with Gasteiger partial charge in [0.15, 0.2) is 5.76 Å². The predicted molar refractivity (Wildman–Crippen MR) is 111 cm³/mol. The van der Waals surface area contributed by atoms with Crippen LogP contribution in [-0.4, -0.2) is 17.0 Å². The second-order valence-corrected chi connectivity index (χ2v) is 6.60. The van der Waals surface area contributed by atoms with Crippen molar-refractivity contribution in [2.75, 3.05) is 0 Å². The zero-order chi connectivity index (χ0) is 21.6. The number of ether oxygens (including phenoxy) is 1. The molecular weight excluding hydrogens is 398 g/mol. The third-order valence-electron chi connectivity index (χ3n) is 4.44. The van der Waals surface area contributed by atoms with Gasteiger partial charge in [0.25, 0.3) is 5.91 Å². The van der Waals surface area contributed by atoms with Crippen molar-refractivity contribution in [2.24, 2.45) is 0 Å². The number of amides is 2. The van der Waals surface area contributed by atoms with E-state index >= 15 is 0 Å². The lowest BCUT2D eigenvalue weighted by Gasteiger charge is -2.07. The van der Waals surface area contributed by atoms with Crippen molar-refractivity contribution in [1.82, 2.24) is 16.0 Å². The lowest BCUT2D eigenvalue weighted by atomic mass is 10.1. The minimum absolute atomic E-state index is 0.0392. The Kier molecular flexibility index (Phi) is 5.79. The van der Waals surface area contributed by atoms with Crippen LogP contribution >= 0.6 is 0 Å². The molecule has 0 aliphatic rings. The highest BCUT2D eigenvalue weighted by molar-refractivity contribution is 6.02. The number of carbonyl (C=O) groups is 2. The van der Waals surface area contributed by atoms with Gasteiger partial charge in [0.2, 0.25) is 0 Å². The summed E-state index contributed by atoms with van der Waals surface area (Å²) in [6.07, 6.45) is 0.